The Hall–Kier alpha value is -1.45. The third-order valence-corrected chi connectivity index (χ3v) is 2.92. The average Bonchev–Trinajstić information content (AvgIpc) is 2.24. The van der Waals surface area contributed by atoms with E-state index in [2.05, 4.69) is 5.32 Å². The number of hydrogen-bond acceptors (Lipinski definition) is 2. The van der Waals surface area contributed by atoms with Gasteiger partial charge in [0.2, 0.25) is 0 Å². The van der Waals surface area contributed by atoms with E-state index >= 15 is 0 Å². The van der Waals surface area contributed by atoms with Crippen molar-refractivity contribution in [3.05, 3.63) is 51.8 Å². The Labute approximate surface area is 115 Å². The summed E-state index contributed by atoms with van der Waals surface area (Å²) in [7, 11) is 0. The first kappa shape index (κ1) is 13.0. The van der Waals surface area contributed by atoms with Gasteiger partial charge < -0.3 is 11.1 Å². The number of aryl methyl sites for hydroxylation is 1. The highest BCUT2D eigenvalue weighted by Gasteiger charge is 2.07. The predicted molar refractivity (Wildman–Crippen MR) is 75.3 cm³/mol. The lowest BCUT2D eigenvalue weighted by molar-refractivity contribution is 0.629. The van der Waals surface area contributed by atoms with Crippen LogP contribution in [0.2, 0.25) is 10.0 Å². The summed E-state index contributed by atoms with van der Waals surface area (Å²) in [6.07, 6.45) is 0. The highest BCUT2D eigenvalue weighted by atomic mass is 35.5. The number of benzene rings is 2. The number of halogens is 3. The van der Waals surface area contributed by atoms with Crippen LogP contribution in [0.3, 0.4) is 0 Å². The molecule has 0 fully saturated rings. The molecule has 0 saturated heterocycles. The SMILES string of the molecule is Cc1cc(N)cc(Nc2cc(Cl)c(F)c(Cl)c2)c1. The Morgan fingerprint density at radius 1 is 1.00 bits per heavy atom. The highest BCUT2D eigenvalue weighted by molar-refractivity contribution is 6.35. The quantitative estimate of drug-likeness (QED) is 0.616. The number of nitrogen functional groups attached to an aromatic ring is 1. The molecule has 2 nitrogen and oxygen atoms in total. The molecule has 2 aromatic rings. The van der Waals surface area contributed by atoms with E-state index in [9.17, 15) is 4.39 Å². The van der Waals surface area contributed by atoms with Crippen molar-refractivity contribution in [2.75, 3.05) is 11.1 Å². The van der Waals surface area contributed by atoms with E-state index in [1.807, 2.05) is 19.1 Å². The van der Waals surface area contributed by atoms with Crippen LogP contribution in [0.4, 0.5) is 21.5 Å². The summed E-state index contributed by atoms with van der Waals surface area (Å²) in [6.45, 7) is 1.94. The average molecular weight is 285 g/mol. The molecule has 0 aliphatic rings. The minimum absolute atomic E-state index is 0.0226. The number of anilines is 3. The van der Waals surface area contributed by atoms with E-state index in [0.717, 1.165) is 11.3 Å². The van der Waals surface area contributed by atoms with Gasteiger partial charge in [0.15, 0.2) is 5.82 Å². The fraction of sp³-hybridized carbons (Fsp3) is 0.0769. The maximum absolute atomic E-state index is 13.3. The Bertz CT molecular complexity index is 556. The van der Waals surface area contributed by atoms with Gasteiger partial charge in [-0.1, -0.05) is 23.2 Å². The summed E-state index contributed by atoms with van der Waals surface area (Å²) in [5.41, 5.74) is 8.82. The second-order valence-corrected chi connectivity index (χ2v) is 4.83. The standard InChI is InChI=1S/C13H11Cl2FN2/c1-7-2-8(17)4-9(3-7)18-10-5-11(14)13(16)12(15)6-10/h2-6,18H,17H2,1H3. The van der Waals surface area contributed by atoms with E-state index in [1.165, 1.54) is 12.1 Å². The lowest BCUT2D eigenvalue weighted by Crippen LogP contribution is -1.94. The monoisotopic (exact) mass is 284 g/mol. The maximum atomic E-state index is 13.3. The number of hydrogen-bond donors (Lipinski definition) is 2. The highest BCUT2D eigenvalue weighted by Crippen LogP contribution is 2.29. The molecule has 0 atom stereocenters. The molecule has 18 heavy (non-hydrogen) atoms. The molecule has 0 aliphatic heterocycles. The van der Waals surface area contributed by atoms with E-state index in [0.29, 0.717) is 11.4 Å². The molecule has 0 saturated carbocycles. The topological polar surface area (TPSA) is 38.0 Å². The van der Waals surface area contributed by atoms with Gasteiger partial charge in [-0.3, -0.25) is 0 Å². The molecule has 5 heteroatoms. The molecule has 0 radical (unpaired) electrons. The summed E-state index contributed by atoms with van der Waals surface area (Å²) in [6, 6.07) is 8.50. The summed E-state index contributed by atoms with van der Waals surface area (Å²) < 4.78 is 13.3. The van der Waals surface area contributed by atoms with Crippen LogP contribution in [-0.4, -0.2) is 0 Å². The predicted octanol–water partition coefficient (Wildman–Crippen LogP) is 4.77. The molecule has 0 bridgehead atoms. The van der Waals surface area contributed by atoms with E-state index in [4.69, 9.17) is 28.9 Å². The van der Waals surface area contributed by atoms with Gasteiger partial charge in [-0.25, -0.2) is 4.39 Å². The van der Waals surface area contributed by atoms with Crippen molar-refractivity contribution in [2.45, 2.75) is 6.92 Å². The van der Waals surface area contributed by atoms with Gasteiger partial charge in [0.1, 0.15) is 0 Å². The molecule has 0 amide bonds. The molecule has 0 unspecified atom stereocenters. The van der Waals surface area contributed by atoms with Gasteiger partial charge in [0.05, 0.1) is 10.0 Å². The fourth-order valence-corrected chi connectivity index (χ4v) is 2.17. The van der Waals surface area contributed by atoms with E-state index in [1.54, 1.807) is 6.07 Å². The van der Waals surface area contributed by atoms with E-state index in [-0.39, 0.29) is 10.0 Å². The lowest BCUT2D eigenvalue weighted by atomic mass is 10.2. The molecule has 2 aromatic carbocycles. The molecule has 0 aromatic heterocycles. The van der Waals surface area contributed by atoms with Crippen LogP contribution in [0, 0.1) is 12.7 Å². The Morgan fingerprint density at radius 2 is 1.56 bits per heavy atom. The van der Waals surface area contributed by atoms with Crippen LogP contribution in [0.1, 0.15) is 5.56 Å². The third kappa shape index (κ3) is 2.86. The normalized spacial score (nSPS) is 10.4. The summed E-state index contributed by atoms with van der Waals surface area (Å²) in [5, 5.41) is 3.03. The molecule has 94 valence electrons. The molecule has 0 aliphatic carbocycles. The Morgan fingerprint density at radius 3 is 2.11 bits per heavy atom. The van der Waals surface area contributed by atoms with Gasteiger partial charge in [-0.15, -0.1) is 0 Å². The van der Waals surface area contributed by atoms with Crippen molar-refractivity contribution in [3.63, 3.8) is 0 Å². The van der Waals surface area contributed by atoms with Crippen molar-refractivity contribution < 1.29 is 4.39 Å². The maximum Gasteiger partial charge on any atom is 0.160 e. The summed E-state index contributed by atoms with van der Waals surface area (Å²) in [4.78, 5) is 0. The number of rotatable bonds is 2. The Kier molecular flexibility index (Phi) is 3.64. The van der Waals surface area contributed by atoms with Gasteiger partial charge in [0.25, 0.3) is 0 Å². The first-order valence-electron chi connectivity index (χ1n) is 5.24. The van der Waals surface area contributed by atoms with Crippen LogP contribution in [0.15, 0.2) is 30.3 Å². The van der Waals surface area contributed by atoms with Gasteiger partial charge in [-0.2, -0.15) is 0 Å². The molecular weight excluding hydrogens is 274 g/mol. The van der Waals surface area contributed by atoms with Crippen LogP contribution >= 0.6 is 23.2 Å². The number of nitrogens with two attached hydrogens (primary N) is 1. The summed E-state index contributed by atoms with van der Waals surface area (Å²) in [5.74, 6) is -0.618. The van der Waals surface area contributed by atoms with E-state index < -0.39 is 5.82 Å². The van der Waals surface area contributed by atoms with Crippen LogP contribution in [-0.2, 0) is 0 Å². The first-order valence-corrected chi connectivity index (χ1v) is 6.00. The van der Waals surface area contributed by atoms with Crippen LogP contribution in [0.25, 0.3) is 0 Å². The van der Waals surface area contributed by atoms with Gasteiger partial charge in [-0.05, 0) is 42.8 Å². The van der Waals surface area contributed by atoms with Gasteiger partial charge in [0, 0.05) is 17.1 Å². The molecular formula is C13H11Cl2FN2. The first-order chi connectivity index (χ1) is 8.45. The van der Waals surface area contributed by atoms with Crippen molar-refractivity contribution >= 4 is 40.3 Å². The number of nitrogens with one attached hydrogen (secondary N) is 1. The van der Waals surface area contributed by atoms with Crippen LogP contribution in [0.5, 0.6) is 0 Å². The minimum Gasteiger partial charge on any atom is -0.399 e. The zero-order valence-electron chi connectivity index (χ0n) is 9.60. The molecule has 3 N–H and O–H groups in total. The van der Waals surface area contributed by atoms with Crippen molar-refractivity contribution in [3.8, 4) is 0 Å². The molecule has 0 spiro atoms. The zero-order valence-corrected chi connectivity index (χ0v) is 11.1. The van der Waals surface area contributed by atoms with Crippen LogP contribution < -0.4 is 11.1 Å². The van der Waals surface area contributed by atoms with Crippen molar-refractivity contribution in [1.29, 1.82) is 0 Å². The smallest absolute Gasteiger partial charge is 0.160 e. The largest absolute Gasteiger partial charge is 0.399 e. The van der Waals surface area contributed by atoms with Crippen molar-refractivity contribution in [2.24, 2.45) is 0 Å². The Balaban J connectivity index is 2.34. The zero-order chi connectivity index (χ0) is 13.3. The van der Waals surface area contributed by atoms with Gasteiger partial charge >= 0.3 is 0 Å². The second kappa shape index (κ2) is 5.04. The third-order valence-electron chi connectivity index (χ3n) is 2.37. The molecule has 2 rings (SSSR count). The summed E-state index contributed by atoms with van der Waals surface area (Å²) >= 11 is 11.4. The fourth-order valence-electron chi connectivity index (χ4n) is 1.68. The lowest BCUT2D eigenvalue weighted by Gasteiger charge is -2.10. The van der Waals surface area contributed by atoms with Crippen molar-refractivity contribution in [1.82, 2.24) is 0 Å². The molecule has 0 heterocycles. The minimum atomic E-state index is -0.618. The second-order valence-electron chi connectivity index (χ2n) is 4.01.